The second-order valence-electron chi connectivity index (χ2n) is 10.1. The summed E-state index contributed by atoms with van der Waals surface area (Å²) >= 11 is 0. The fraction of sp³-hybridized carbons (Fsp3) is 0.444. The molecule has 0 aliphatic carbocycles. The number of aliphatic imine (C=N–C) groups is 1. The summed E-state index contributed by atoms with van der Waals surface area (Å²) in [5.74, 6) is -0.437. The van der Waals surface area contributed by atoms with Gasteiger partial charge in [0.15, 0.2) is 0 Å². The maximum Gasteiger partial charge on any atom is 0.408 e. The van der Waals surface area contributed by atoms with E-state index in [1.807, 2.05) is 39.0 Å². The van der Waals surface area contributed by atoms with Crippen molar-refractivity contribution in [1.82, 2.24) is 15.6 Å². The number of nitrogens with one attached hydrogen (secondary N) is 3. The first kappa shape index (κ1) is 29.9. The lowest BCUT2D eigenvalue weighted by Crippen LogP contribution is -2.41. The Bertz CT molecular complexity index is 1340. The van der Waals surface area contributed by atoms with Gasteiger partial charge in [0, 0.05) is 18.5 Å². The molecule has 0 saturated carbocycles. The maximum atomic E-state index is 13.1. The average molecular weight is 561 g/mol. The molecular weight excluding hydrogens is 524 g/mol. The van der Waals surface area contributed by atoms with Crippen LogP contribution in [-0.2, 0) is 32.6 Å². The van der Waals surface area contributed by atoms with E-state index in [4.69, 9.17) is 9.47 Å². The predicted molar refractivity (Wildman–Crippen MR) is 146 cm³/mol. The summed E-state index contributed by atoms with van der Waals surface area (Å²) in [6.45, 7) is 9.57. The van der Waals surface area contributed by atoms with Gasteiger partial charge in [0.05, 0.1) is 11.2 Å². The molecule has 0 bridgehead atoms. The van der Waals surface area contributed by atoms with Crippen LogP contribution in [0.25, 0.3) is 0 Å². The summed E-state index contributed by atoms with van der Waals surface area (Å²) < 4.78 is 37.3. The molecule has 2 aromatic rings. The summed E-state index contributed by atoms with van der Waals surface area (Å²) in [6, 6.07) is 7.89. The number of ether oxygens (including phenoxy) is 2. The quantitative estimate of drug-likeness (QED) is 0.133. The summed E-state index contributed by atoms with van der Waals surface area (Å²) in [4.78, 5) is 30.1. The lowest BCUT2D eigenvalue weighted by atomic mass is 9.94. The van der Waals surface area contributed by atoms with Gasteiger partial charge in [0.2, 0.25) is 0 Å². The summed E-state index contributed by atoms with van der Waals surface area (Å²) in [5.41, 5.74) is 5.83. The third kappa shape index (κ3) is 7.70. The number of hydrazine groups is 1. The second kappa shape index (κ2) is 12.5. The van der Waals surface area contributed by atoms with Gasteiger partial charge in [-0.3, -0.25) is 10.4 Å². The molecule has 11 nitrogen and oxygen atoms in total. The molecule has 1 aliphatic rings. The van der Waals surface area contributed by atoms with E-state index in [2.05, 4.69) is 20.6 Å². The number of aliphatic carboxylic acids is 1. The van der Waals surface area contributed by atoms with Crippen LogP contribution in [0.5, 0.6) is 5.75 Å². The maximum absolute atomic E-state index is 13.1. The number of carbonyl (C=O) groups excluding carboxylic acids is 1. The molecule has 12 heteroatoms. The van der Waals surface area contributed by atoms with Crippen LogP contribution in [0.4, 0.5) is 4.79 Å². The number of alkyl carbamates (subject to hydrolysis) is 1. The number of hydrogen-bond acceptors (Lipinski definition) is 7. The Morgan fingerprint density at radius 3 is 2.51 bits per heavy atom. The Balaban J connectivity index is 1.48. The topological polar surface area (TPSA) is 155 Å². The number of sulfonamides is 1. The second-order valence-corrected chi connectivity index (χ2v) is 11.7. The van der Waals surface area contributed by atoms with Crippen LogP contribution in [0.2, 0.25) is 0 Å². The van der Waals surface area contributed by atoms with Crippen molar-refractivity contribution < 1.29 is 32.6 Å². The van der Waals surface area contributed by atoms with E-state index >= 15 is 0 Å². The van der Waals surface area contributed by atoms with E-state index in [0.717, 1.165) is 22.4 Å². The molecule has 1 heterocycles. The monoisotopic (exact) mass is 560 g/mol. The number of amides is 1. The molecule has 0 saturated heterocycles. The highest BCUT2D eigenvalue weighted by Gasteiger charge is 2.36. The average Bonchev–Trinajstić information content (AvgIpc) is 3.21. The number of benzene rings is 2. The lowest BCUT2D eigenvalue weighted by molar-refractivity contribution is -0.139. The molecule has 212 valence electrons. The number of rotatable bonds is 12. The number of carboxylic acid groups (broad SMARTS) is 1. The van der Waals surface area contributed by atoms with Gasteiger partial charge in [0.25, 0.3) is 10.0 Å². The number of nitrogens with zero attached hydrogens (tertiary/aromatic N) is 1. The van der Waals surface area contributed by atoms with Gasteiger partial charge in [-0.2, -0.15) is 0 Å². The Labute approximate surface area is 229 Å². The smallest absolute Gasteiger partial charge is 0.408 e. The van der Waals surface area contributed by atoms with Crippen LogP contribution >= 0.6 is 0 Å². The van der Waals surface area contributed by atoms with Crippen LogP contribution in [0, 0.1) is 20.8 Å². The Kier molecular flexibility index (Phi) is 9.57. The molecule has 1 atom stereocenters. The molecule has 2 aromatic carbocycles. The van der Waals surface area contributed by atoms with Crippen LogP contribution in [0.3, 0.4) is 0 Å². The summed E-state index contributed by atoms with van der Waals surface area (Å²) in [7, 11) is -3.91. The fourth-order valence-corrected chi connectivity index (χ4v) is 5.86. The third-order valence-corrected chi connectivity index (χ3v) is 8.03. The minimum atomic E-state index is -3.91. The largest absolute Gasteiger partial charge is 0.487 e. The molecule has 0 fully saturated rings. The molecule has 4 N–H and O–H groups in total. The molecule has 0 unspecified atom stereocenters. The highest BCUT2D eigenvalue weighted by atomic mass is 32.2. The zero-order valence-electron chi connectivity index (χ0n) is 22.8. The molecule has 3 rings (SSSR count). The fourth-order valence-electron chi connectivity index (χ4n) is 4.46. The molecule has 0 aromatic heterocycles. The number of fused-ring (bicyclic) bond motifs is 1. The Morgan fingerprint density at radius 2 is 1.85 bits per heavy atom. The van der Waals surface area contributed by atoms with E-state index < -0.39 is 33.7 Å². The molecule has 1 aliphatic heterocycles. The minimum Gasteiger partial charge on any atom is -0.487 e. The van der Waals surface area contributed by atoms with Gasteiger partial charge in [-0.05, 0) is 69.7 Å². The first-order valence-corrected chi connectivity index (χ1v) is 14.1. The van der Waals surface area contributed by atoms with Crippen molar-refractivity contribution in [3.63, 3.8) is 0 Å². The normalized spacial score (nSPS) is 14.9. The van der Waals surface area contributed by atoms with Gasteiger partial charge in [-0.15, -0.1) is 4.83 Å². The van der Waals surface area contributed by atoms with Crippen molar-refractivity contribution >= 4 is 28.4 Å². The van der Waals surface area contributed by atoms with Crippen molar-refractivity contribution in [2.24, 2.45) is 4.99 Å². The predicted octanol–water partition coefficient (Wildman–Crippen LogP) is 3.30. The van der Waals surface area contributed by atoms with Gasteiger partial charge in [0.1, 0.15) is 24.0 Å². The van der Waals surface area contributed by atoms with Gasteiger partial charge < -0.3 is 19.9 Å². The number of hydrogen-bond donors (Lipinski definition) is 4. The van der Waals surface area contributed by atoms with Gasteiger partial charge in [-0.25, -0.2) is 18.0 Å². The SMILES string of the molecule is Cc1c(C)c(S(=O)(=O)NNC=NCCC[C@H](NC(=O)OCc2ccccc2)C(=O)O)c(C)c2c1OC(C)(C)C2. The summed E-state index contributed by atoms with van der Waals surface area (Å²) in [5, 5.41) is 11.7. The van der Waals surface area contributed by atoms with E-state index in [1.165, 1.54) is 6.34 Å². The zero-order valence-corrected chi connectivity index (χ0v) is 23.6. The van der Waals surface area contributed by atoms with Crippen molar-refractivity contribution in [1.29, 1.82) is 0 Å². The highest BCUT2D eigenvalue weighted by molar-refractivity contribution is 7.89. The van der Waals surface area contributed by atoms with Gasteiger partial charge in [-0.1, -0.05) is 30.3 Å². The van der Waals surface area contributed by atoms with Crippen LogP contribution < -0.4 is 20.3 Å². The Hall–Kier alpha value is -3.64. The van der Waals surface area contributed by atoms with Crippen LogP contribution in [0.15, 0.2) is 40.2 Å². The molecule has 39 heavy (non-hydrogen) atoms. The number of carbonyl (C=O) groups is 2. The zero-order chi connectivity index (χ0) is 28.8. The van der Waals surface area contributed by atoms with E-state index in [0.29, 0.717) is 24.0 Å². The van der Waals surface area contributed by atoms with Crippen LogP contribution in [0.1, 0.15) is 54.5 Å². The summed E-state index contributed by atoms with van der Waals surface area (Å²) in [6.07, 6.45) is 1.44. The first-order chi connectivity index (χ1) is 18.3. The van der Waals surface area contributed by atoms with E-state index in [1.54, 1.807) is 26.0 Å². The van der Waals surface area contributed by atoms with Crippen molar-refractivity contribution in [2.45, 2.75) is 77.0 Å². The van der Waals surface area contributed by atoms with E-state index in [-0.39, 0.29) is 24.5 Å². The lowest BCUT2D eigenvalue weighted by Gasteiger charge is -2.19. The Morgan fingerprint density at radius 1 is 1.15 bits per heavy atom. The number of carboxylic acids is 1. The first-order valence-electron chi connectivity index (χ1n) is 12.6. The van der Waals surface area contributed by atoms with Crippen molar-refractivity contribution in [3.05, 3.63) is 58.1 Å². The van der Waals surface area contributed by atoms with E-state index in [9.17, 15) is 23.1 Å². The molecule has 0 radical (unpaired) electrons. The minimum absolute atomic E-state index is 0.0285. The van der Waals surface area contributed by atoms with Crippen molar-refractivity contribution in [3.8, 4) is 5.75 Å². The van der Waals surface area contributed by atoms with Gasteiger partial charge >= 0.3 is 12.1 Å². The van der Waals surface area contributed by atoms with Crippen molar-refractivity contribution in [2.75, 3.05) is 6.54 Å². The third-order valence-electron chi connectivity index (χ3n) is 6.49. The highest BCUT2D eigenvalue weighted by Crippen LogP contribution is 2.43. The standard InChI is InChI=1S/C27H36N4O7S/c1-17-18(2)24(19(3)21-14-27(4,5)38-23(17)21)39(35,36)31-29-16-28-13-9-12-22(25(32)33)30-26(34)37-15-20-10-7-6-8-11-20/h6-8,10-11,16,22,31H,9,12-15H2,1-5H3,(H,28,29)(H,30,34)(H,32,33)/t22-/m0/s1. The molecule has 1 amide bonds. The molecule has 0 spiro atoms. The van der Waals surface area contributed by atoms with Crippen LogP contribution in [-0.4, -0.2) is 50.1 Å². The molecular formula is C27H36N4O7S.